The predicted molar refractivity (Wildman–Crippen MR) is 124 cm³/mol. The van der Waals surface area contributed by atoms with Gasteiger partial charge in [-0.15, -0.1) is 0 Å². The van der Waals surface area contributed by atoms with Gasteiger partial charge in [-0.05, 0) is 30.7 Å². The van der Waals surface area contributed by atoms with Crippen LogP contribution in [0.4, 0.5) is 5.00 Å². The lowest BCUT2D eigenvalue weighted by molar-refractivity contribution is -0.115. The Morgan fingerprint density at radius 2 is 1.87 bits per heavy atom. The van der Waals surface area contributed by atoms with Crippen molar-refractivity contribution >= 4 is 33.9 Å². The van der Waals surface area contributed by atoms with Gasteiger partial charge in [-0.3, -0.25) is 4.79 Å². The van der Waals surface area contributed by atoms with Crippen molar-refractivity contribution in [3.8, 4) is 28.8 Å². The lowest BCUT2D eigenvalue weighted by atomic mass is 10.1. The summed E-state index contributed by atoms with van der Waals surface area (Å²) in [5, 5.41) is 13.9. The Morgan fingerprint density at radius 1 is 1.16 bits per heavy atom. The average Bonchev–Trinajstić information content (AvgIpc) is 3.20. The molecule has 0 spiro atoms. The Balaban J connectivity index is 2.06. The molecule has 7 heteroatoms. The van der Waals surface area contributed by atoms with Crippen molar-refractivity contribution in [3.05, 3.63) is 58.6 Å². The Bertz CT molecular complexity index is 1160. The van der Waals surface area contributed by atoms with E-state index in [1.54, 1.807) is 39.4 Å². The van der Waals surface area contributed by atoms with Crippen LogP contribution in [0.2, 0.25) is 0 Å². The molecule has 0 aliphatic rings. The van der Waals surface area contributed by atoms with E-state index >= 15 is 0 Å². The molecule has 1 aromatic heterocycles. The molecule has 0 unspecified atom stereocenters. The summed E-state index contributed by atoms with van der Waals surface area (Å²) in [6, 6.07) is 15.5. The molecule has 0 atom stereocenters. The van der Waals surface area contributed by atoms with Crippen molar-refractivity contribution in [1.29, 1.82) is 5.26 Å². The number of hydrogen-bond acceptors (Lipinski definition) is 6. The number of anilines is 1. The number of amides is 1. The molecule has 1 amide bonds. The summed E-state index contributed by atoms with van der Waals surface area (Å²) in [5.41, 5.74) is 3.82. The molecule has 0 bridgehead atoms. The van der Waals surface area contributed by atoms with Gasteiger partial charge in [0.25, 0.3) is 0 Å². The van der Waals surface area contributed by atoms with Crippen LogP contribution in [0.25, 0.3) is 22.9 Å². The van der Waals surface area contributed by atoms with Crippen LogP contribution in [0.1, 0.15) is 29.5 Å². The van der Waals surface area contributed by atoms with Gasteiger partial charge in [0.1, 0.15) is 21.8 Å². The SMILES string of the molecule is CCC(=O)Nc1sc(/C(C#N)=C/c2ccc(OC)c(OC)c2)nc1-c1ccc(C)cc1. The topological polar surface area (TPSA) is 84.2 Å². The van der Waals surface area contributed by atoms with Crippen molar-refractivity contribution in [2.24, 2.45) is 0 Å². The predicted octanol–water partition coefficient (Wildman–Crippen LogP) is 5.55. The first-order valence-corrected chi connectivity index (χ1v) is 10.5. The molecule has 0 aliphatic carbocycles. The van der Waals surface area contributed by atoms with Crippen molar-refractivity contribution in [1.82, 2.24) is 4.98 Å². The molecule has 3 aromatic rings. The Labute approximate surface area is 185 Å². The van der Waals surface area contributed by atoms with Crippen molar-refractivity contribution < 1.29 is 14.3 Å². The number of nitrogens with one attached hydrogen (secondary N) is 1. The molecule has 0 saturated carbocycles. The second-order valence-corrected chi connectivity index (χ2v) is 7.75. The van der Waals surface area contributed by atoms with Gasteiger partial charge in [0.2, 0.25) is 5.91 Å². The molecule has 0 radical (unpaired) electrons. The van der Waals surface area contributed by atoms with E-state index in [1.807, 2.05) is 37.3 Å². The number of carbonyl (C=O) groups is 1. The number of benzene rings is 2. The fourth-order valence-electron chi connectivity index (χ4n) is 2.89. The van der Waals surface area contributed by atoms with Crippen molar-refractivity contribution in [3.63, 3.8) is 0 Å². The number of aromatic nitrogens is 1. The third-order valence-corrected chi connectivity index (χ3v) is 5.60. The Hall–Kier alpha value is -3.63. The lowest BCUT2D eigenvalue weighted by Gasteiger charge is -2.07. The van der Waals surface area contributed by atoms with Crippen molar-refractivity contribution in [2.75, 3.05) is 19.5 Å². The van der Waals surface area contributed by atoms with Crippen molar-refractivity contribution in [2.45, 2.75) is 20.3 Å². The largest absolute Gasteiger partial charge is 0.493 e. The number of methoxy groups -OCH3 is 2. The molecule has 158 valence electrons. The van der Waals surface area contributed by atoms with E-state index < -0.39 is 0 Å². The molecule has 1 N–H and O–H groups in total. The summed E-state index contributed by atoms with van der Waals surface area (Å²) >= 11 is 1.28. The molecule has 2 aromatic carbocycles. The monoisotopic (exact) mass is 433 g/mol. The molecular formula is C24H23N3O3S. The summed E-state index contributed by atoms with van der Waals surface area (Å²) < 4.78 is 10.6. The highest BCUT2D eigenvalue weighted by atomic mass is 32.1. The number of hydrogen-bond donors (Lipinski definition) is 1. The number of thiazole rings is 1. The zero-order valence-electron chi connectivity index (χ0n) is 17.9. The first-order valence-electron chi connectivity index (χ1n) is 9.71. The molecule has 0 saturated heterocycles. The maximum absolute atomic E-state index is 12.1. The van der Waals surface area contributed by atoms with Gasteiger partial charge in [0.05, 0.1) is 19.8 Å². The third-order valence-electron chi connectivity index (χ3n) is 4.60. The zero-order chi connectivity index (χ0) is 22.4. The fraction of sp³-hybridized carbons (Fsp3) is 0.208. The highest BCUT2D eigenvalue weighted by Gasteiger charge is 2.18. The van der Waals surface area contributed by atoms with Gasteiger partial charge in [-0.25, -0.2) is 4.98 Å². The minimum atomic E-state index is -0.106. The van der Waals surface area contributed by atoms with Crippen LogP contribution >= 0.6 is 11.3 Å². The summed E-state index contributed by atoms with van der Waals surface area (Å²) in [6.07, 6.45) is 2.10. The second kappa shape index (κ2) is 9.92. The quantitative estimate of drug-likeness (QED) is 0.494. The smallest absolute Gasteiger partial charge is 0.224 e. The van der Waals surface area contributed by atoms with E-state index in [-0.39, 0.29) is 5.91 Å². The van der Waals surface area contributed by atoms with E-state index in [2.05, 4.69) is 11.4 Å². The number of ether oxygens (including phenoxy) is 2. The fourth-order valence-corrected chi connectivity index (χ4v) is 3.86. The normalized spacial score (nSPS) is 11.0. The van der Waals surface area contributed by atoms with Gasteiger partial charge >= 0.3 is 0 Å². The molecule has 3 rings (SSSR count). The van der Waals surface area contributed by atoms with E-state index in [9.17, 15) is 10.1 Å². The summed E-state index contributed by atoms with van der Waals surface area (Å²) in [4.78, 5) is 16.8. The number of rotatable bonds is 7. The molecule has 6 nitrogen and oxygen atoms in total. The number of nitrogens with zero attached hydrogens (tertiary/aromatic N) is 2. The number of allylic oxidation sites excluding steroid dienone is 1. The molecular weight excluding hydrogens is 410 g/mol. The van der Waals surface area contributed by atoms with Crippen LogP contribution in [-0.4, -0.2) is 25.1 Å². The minimum Gasteiger partial charge on any atom is -0.493 e. The number of nitriles is 1. The standard InChI is InChI=1S/C24H23N3O3S/c1-5-21(28)26-24-22(17-9-6-15(2)7-10-17)27-23(31-24)18(14-25)12-16-8-11-19(29-3)20(13-16)30-4/h6-13H,5H2,1-4H3,(H,26,28)/b18-12+. The molecule has 0 aliphatic heterocycles. The van der Waals surface area contributed by atoms with Crippen LogP contribution in [0.3, 0.4) is 0 Å². The van der Waals surface area contributed by atoms with E-state index in [0.29, 0.717) is 39.2 Å². The van der Waals surface area contributed by atoms with Gasteiger partial charge in [0.15, 0.2) is 11.5 Å². The van der Waals surface area contributed by atoms with Crippen LogP contribution < -0.4 is 14.8 Å². The molecule has 31 heavy (non-hydrogen) atoms. The first-order chi connectivity index (χ1) is 15.0. The van der Waals surface area contributed by atoms with Crippen LogP contribution in [0, 0.1) is 18.3 Å². The number of carbonyl (C=O) groups excluding carboxylic acids is 1. The van der Waals surface area contributed by atoms with E-state index in [0.717, 1.165) is 16.7 Å². The Kier molecular flexibility index (Phi) is 7.06. The Morgan fingerprint density at radius 3 is 2.48 bits per heavy atom. The van der Waals surface area contributed by atoms with Crippen LogP contribution in [-0.2, 0) is 4.79 Å². The third kappa shape index (κ3) is 5.11. The second-order valence-electron chi connectivity index (χ2n) is 6.75. The highest BCUT2D eigenvalue weighted by Crippen LogP contribution is 2.37. The van der Waals surface area contributed by atoms with Crippen LogP contribution in [0.15, 0.2) is 42.5 Å². The maximum Gasteiger partial charge on any atom is 0.224 e. The molecule has 1 heterocycles. The minimum absolute atomic E-state index is 0.106. The van der Waals surface area contributed by atoms with Gasteiger partial charge < -0.3 is 14.8 Å². The summed E-state index contributed by atoms with van der Waals surface area (Å²) in [7, 11) is 3.14. The lowest BCUT2D eigenvalue weighted by Crippen LogP contribution is -2.08. The highest BCUT2D eigenvalue weighted by molar-refractivity contribution is 7.17. The van der Waals surface area contributed by atoms with Gasteiger partial charge in [-0.1, -0.05) is 54.2 Å². The van der Waals surface area contributed by atoms with Gasteiger partial charge in [0, 0.05) is 12.0 Å². The summed E-state index contributed by atoms with van der Waals surface area (Å²) in [5.74, 6) is 1.08. The number of aryl methyl sites for hydroxylation is 1. The maximum atomic E-state index is 12.1. The first kappa shape index (κ1) is 22.1. The van der Waals surface area contributed by atoms with Gasteiger partial charge in [-0.2, -0.15) is 5.26 Å². The summed E-state index contributed by atoms with van der Waals surface area (Å²) in [6.45, 7) is 3.80. The molecule has 0 fully saturated rings. The van der Waals surface area contributed by atoms with E-state index in [1.165, 1.54) is 11.3 Å². The zero-order valence-corrected chi connectivity index (χ0v) is 18.7. The average molecular weight is 434 g/mol. The van der Waals surface area contributed by atoms with Crippen LogP contribution in [0.5, 0.6) is 11.5 Å². The van der Waals surface area contributed by atoms with E-state index in [4.69, 9.17) is 14.5 Å².